The highest BCUT2D eigenvalue weighted by Gasteiger charge is 1.98. The fraction of sp³-hybridized carbons (Fsp3) is 0.286. The minimum absolute atomic E-state index is 0.605. The van der Waals surface area contributed by atoms with Gasteiger partial charge < -0.3 is 14.6 Å². The summed E-state index contributed by atoms with van der Waals surface area (Å²) in [7, 11) is 0. The predicted molar refractivity (Wildman–Crippen MR) is 101 cm³/mol. The summed E-state index contributed by atoms with van der Waals surface area (Å²) in [5, 5.41) is 3.47. The molecule has 1 heterocycles. The second kappa shape index (κ2) is 9.04. The Balaban J connectivity index is 1.36. The first-order chi connectivity index (χ1) is 12.3. The lowest BCUT2D eigenvalue weighted by molar-refractivity contribution is 0.306. The molecule has 0 saturated heterocycles. The van der Waals surface area contributed by atoms with Gasteiger partial charge in [0.15, 0.2) is 0 Å². The van der Waals surface area contributed by atoms with Crippen LogP contribution in [0.3, 0.4) is 0 Å². The van der Waals surface area contributed by atoms with Gasteiger partial charge in [-0.2, -0.15) is 0 Å². The highest BCUT2D eigenvalue weighted by Crippen LogP contribution is 2.14. The van der Waals surface area contributed by atoms with E-state index in [1.165, 1.54) is 16.7 Å². The molecule has 3 rings (SSSR count). The van der Waals surface area contributed by atoms with E-state index in [0.29, 0.717) is 6.61 Å². The van der Waals surface area contributed by atoms with Crippen LogP contribution in [-0.4, -0.2) is 16.1 Å². The first-order valence-corrected chi connectivity index (χ1v) is 8.73. The molecule has 4 nitrogen and oxygen atoms in total. The van der Waals surface area contributed by atoms with Crippen molar-refractivity contribution in [1.29, 1.82) is 0 Å². The minimum Gasteiger partial charge on any atom is -0.489 e. The van der Waals surface area contributed by atoms with Crippen molar-refractivity contribution in [2.45, 2.75) is 33.0 Å². The molecule has 0 amide bonds. The van der Waals surface area contributed by atoms with Gasteiger partial charge in [0.2, 0.25) is 0 Å². The van der Waals surface area contributed by atoms with Crippen LogP contribution in [0.25, 0.3) is 0 Å². The monoisotopic (exact) mass is 335 g/mol. The Kier molecular flexibility index (Phi) is 6.23. The van der Waals surface area contributed by atoms with E-state index < -0.39 is 0 Å². The Morgan fingerprint density at radius 3 is 2.72 bits per heavy atom. The molecule has 0 fully saturated rings. The van der Waals surface area contributed by atoms with Crippen LogP contribution in [0.15, 0.2) is 67.3 Å². The molecule has 0 spiro atoms. The van der Waals surface area contributed by atoms with Crippen LogP contribution in [-0.2, 0) is 19.7 Å². The van der Waals surface area contributed by atoms with E-state index in [0.717, 1.165) is 31.8 Å². The van der Waals surface area contributed by atoms with Gasteiger partial charge >= 0.3 is 0 Å². The fourth-order valence-corrected chi connectivity index (χ4v) is 2.71. The number of aromatic nitrogens is 2. The van der Waals surface area contributed by atoms with Crippen LogP contribution in [0.2, 0.25) is 0 Å². The van der Waals surface area contributed by atoms with Crippen LogP contribution < -0.4 is 10.1 Å². The lowest BCUT2D eigenvalue weighted by atomic mass is 10.1. The molecule has 130 valence electrons. The molecule has 0 bridgehead atoms. The molecule has 0 atom stereocenters. The second-order valence-corrected chi connectivity index (χ2v) is 6.25. The topological polar surface area (TPSA) is 39.1 Å². The highest BCUT2D eigenvalue weighted by atomic mass is 16.5. The standard InChI is InChI=1S/C21H25N3O/c1-18-4-2-5-20(14-18)16-25-21-8-6-19(7-9-21)15-22-10-3-12-24-13-11-23-17-24/h2,4-9,11,13-14,17,22H,3,10,12,15-16H2,1H3. The number of benzene rings is 2. The molecule has 0 aliphatic rings. The Morgan fingerprint density at radius 2 is 1.96 bits per heavy atom. The first kappa shape index (κ1) is 17.2. The van der Waals surface area contributed by atoms with E-state index in [2.05, 4.69) is 58.2 Å². The average Bonchev–Trinajstić information content (AvgIpc) is 3.14. The van der Waals surface area contributed by atoms with Crippen molar-refractivity contribution in [2.24, 2.45) is 0 Å². The largest absolute Gasteiger partial charge is 0.489 e. The summed E-state index contributed by atoms with van der Waals surface area (Å²) in [6, 6.07) is 16.7. The molecule has 0 saturated carbocycles. The van der Waals surface area contributed by atoms with E-state index in [9.17, 15) is 0 Å². The van der Waals surface area contributed by atoms with Gasteiger partial charge in [-0.15, -0.1) is 0 Å². The maximum atomic E-state index is 5.86. The molecule has 2 aromatic carbocycles. The Labute approximate surface area is 149 Å². The third-order valence-corrected chi connectivity index (χ3v) is 4.07. The van der Waals surface area contributed by atoms with Crippen LogP contribution >= 0.6 is 0 Å². The molecule has 1 N–H and O–H groups in total. The van der Waals surface area contributed by atoms with Gasteiger partial charge in [0.1, 0.15) is 12.4 Å². The molecule has 4 heteroatoms. The number of hydrogen-bond donors (Lipinski definition) is 1. The van der Waals surface area contributed by atoms with Crippen molar-refractivity contribution >= 4 is 0 Å². The van der Waals surface area contributed by atoms with E-state index in [-0.39, 0.29) is 0 Å². The van der Waals surface area contributed by atoms with E-state index in [1.807, 2.05) is 30.9 Å². The number of nitrogens with one attached hydrogen (secondary N) is 1. The summed E-state index contributed by atoms with van der Waals surface area (Å²) in [6.07, 6.45) is 6.76. The van der Waals surface area contributed by atoms with Gasteiger partial charge in [-0.25, -0.2) is 4.98 Å². The zero-order valence-electron chi connectivity index (χ0n) is 14.7. The fourth-order valence-electron chi connectivity index (χ4n) is 2.71. The summed E-state index contributed by atoms with van der Waals surface area (Å²) >= 11 is 0. The molecule has 3 aromatic rings. The average molecular weight is 335 g/mol. The van der Waals surface area contributed by atoms with Gasteiger partial charge in [0, 0.05) is 25.5 Å². The third-order valence-electron chi connectivity index (χ3n) is 4.07. The Hall–Kier alpha value is -2.59. The summed E-state index contributed by atoms with van der Waals surface area (Å²) in [4.78, 5) is 4.05. The van der Waals surface area contributed by atoms with Crippen molar-refractivity contribution in [3.05, 3.63) is 83.9 Å². The molecular formula is C21H25N3O. The van der Waals surface area contributed by atoms with Crippen molar-refractivity contribution in [1.82, 2.24) is 14.9 Å². The van der Waals surface area contributed by atoms with Crippen LogP contribution in [0.1, 0.15) is 23.1 Å². The van der Waals surface area contributed by atoms with Crippen LogP contribution in [0.4, 0.5) is 0 Å². The number of imidazole rings is 1. The highest BCUT2D eigenvalue weighted by molar-refractivity contribution is 5.28. The summed E-state index contributed by atoms with van der Waals surface area (Å²) in [5.41, 5.74) is 3.73. The van der Waals surface area contributed by atoms with Crippen molar-refractivity contribution in [2.75, 3.05) is 6.54 Å². The minimum atomic E-state index is 0.605. The second-order valence-electron chi connectivity index (χ2n) is 6.25. The quantitative estimate of drug-likeness (QED) is 0.602. The summed E-state index contributed by atoms with van der Waals surface area (Å²) in [6.45, 7) is 5.57. The van der Waals surface area contributed by atoms with Gasteiger partial charge in [-0.05, 0) is 43.1 Å². The molecule has 0 radical (unpaired) electrons. The summed E-state index contributed by atoms with van der Waals surface area (Å²) in [5.74, 6) is 0.908. The van der Waals surface area contributed by atoms with Gasteiger partial charge in [0.25, 0.3) is 0 Å². The lowest BCUT2D eigenvalue weighted by Crippen LogP contribution is -2.16. The normalized spacial score (nSPS) is 10.8. The molecule has 0 aliphatic carbocycles. The van der Waals surface area contributed by atoms with Crippen molar-refractivity contribution in [3.63, 3.8) is 0 Å². The maximum Gasteiger partial charge on any atom is 0.119 e. The zero-order chi connectivity index (χ0) is 17.3. The first-order valence-electron chi connectivity index (χ1n) is 8.73. The summed E-state index contributed by atoms with van der Waals surface area (Å²) < 4.78 is 7.96. The number of hydrogen-bond acceptors (Lipinski definition) is 3. The van der Waals surface area contributed by atoms with Crippen molar-refractivity contribution in [3.8, 4) is 5.75 Å². The Bertz CT molecular complexity index is 751. The number of aryl methyl sites for hydroxylation is 2. The molecule has 0 unspecified atom stereocenters. The number of nitrogens with zero attached hydrogens (tertiary/aromatic N) is 2. The third kappa shape index (κ3) is 5.76. The van der Waals surface area contributed by atoms with Gasteiger partial charge in [-0.1, -0.05) is 42.0 Å². The van der Waals surface area contributed by atoms with E-state index >= 15 is 0 Å². The zero-order valence-corrected chi connectivity index (χ0v) is 14.7. The molecular weight excluding hydrogens is 310 g/mol. The molecule has 25 heavy (non-hydrogen) atoms. The van der Waals surface area contributed by atoms with Crippen molar-refractivity contribution < 1.29 is 4.74 Å². The van der Waals surface area contributed by atoms with Crippen LogP contribution in [0.5, 0.6) is 5.75 Å². The lowest BCUT2D eigenvalue weighted by Gasteiger charge is -2.09. The smallest absolute Gasteiger partial charge is 0.119 e. The number of ether oxygens (including phenoxy) is 1. The maximum absolute atomic E-state index is 5.86. The van der Waals surface area contributed by atoms with E-state index in [1.54, 1.807) is 0 Å². The number of rotatable bonds is 9. The van der Waals surface area contributed by atoms with Gasteiger partial charge in [-0.3, -0.25) is 0 Å². The SMILES string of the molecule is Cc1cccc(COc2ccc(CNCCCn3ccnc3)cc2)c1. The van der Waals surface area contributed by atoms with E-state index in [4.69, 9.17) is 4.74 Å². The molecule has 1 aromatic heterocycles. The molecule has 0 aliphatic heterocycles. The Morgan fingerprint density at radius 1 is 1.08 bits per heavy atom. The van der Waals surface area contributed by atoms with Gasteiger partial charge in [0.05, 0.1) is 6.33 Å². The predicted octanol–water partition coefficient (Wildman–Crippen LogP) is 3.95. The van der Waals surface area contributed by atoms with Crippen LogP contribution in [0, 0.1) is 6.92 Å².